The second-order valence-corrected chi connectivity index (χ2v) is 51.6. The Labute approximate surface area is 518 Å². The van der Waals surface area contributed by atoms with E-state index in [-0.39, 0.29) is 136 Å². The summed E-state index contributed by atoms with van der Waals surface area (Å²) in [6, 6.07) is 0. The van der Waals surface area contributed by atoms with Gasteiger partial charge in [0, 0.05) is 51.0 Å². The van der Waals surface area contributed by atoms with Gasteiger partial charge in [0.05, 0.1) is 79.9 Å². The molecule has 0 aromatic rings. The van der Waals surface area contributed by atoms with Crippen LogP contribution in [0.4, 0.5) is 0 Å². The lowest BCUT2D eigenvalue weighted by atomic mass is 9.81. The molecule has 5 heterocycles. The summed E-state index contributed by atoms with van der Waals surface area (Å²) in [5.74, 6) is 0.184. The molecule has 5 saturated heterocycles. The van der Waals surface area contributed by atoms with E-state index in [0.29, 0.717) is 32.3 Å². The van der Waals surface area contributed by atoms with E-state index < -0.39 is 39.4 Å². The molecule has 0 saturated carbocycles. The number of hydrogen-bond donors (Lipinski definition) is 0. The number of Topliss-reactive ketones (excluding diaryl/α,β-unsaturated/α-hetero) is 1. The van der Waals surface area contributed by atoms with Gasteiger partial charge in [-0.15, -0.1) is 0 Å². The molecule has 0 amide bonds. The first-order chi connectivity index (χ1) is 37.6. The van der Waals surface area contributed by atoms with Crippen LogP contribution < -0.4 is 0 Å². The highest BCUT2D eigenvalue weighted by molar-refractivity contribution is 14.1. The number of carbonyl (C=O) groups is 2. The Morgan fingerprint density at radius 1 is 0.695 bits per heavy atom. The standard InChI is InChI=1S/C65H119IO12Si4/c1-42(32-33-66)57-60(77-81(22,23)64(11,12)13)61(78-82(24,25)65(14,15)16)59-53(75-57)31-29-49(73-59)37-46(68)38-51-55(40-54-45(4)43(2)35-48(72-54)28-30-52-44(3)36-47(71-52)27-26-34-67)74-56(58(51)69-17)39-50(76-80(20,21)63(8,9)10)41-70-79(18,19)62(5,6)7/h32-34,42-43,47-61H,3-4,26-31,35-41H2,1-2,5-25H3/b33-32+/t42-,43-,47-,48-,49+,50?,51-,52-,53-,54+,55-,56+,57+,58+,59+,60?,61?/m0/s1. The number of carbonyl (C=O) groups excluding carboxylic acids is 2. The van der Waals surface area contributed by atoms with E-state index in [4.69, 9.17) is 46.1 Å². The summed E-state index contributed by atoms with van der Waals surface area (Å²) in [5, 5.41) is -0.0989. The van der Waals surface area contributed by atoms with Crippen LogP contribution in [0.15, 0.2) is 34.5 Å². The van der Waals surface area contributed by atoms with Gasteiger partial charge in [0.2, 0.25) is 0 Å². The summed E-state index contributed by atoms with van der Waals surface area (Å²) < 4.78 is 73.4. The number of halogens is 1. The number of hydrogen-bond acceptors (Lipinski definition) is 12. The van der Waals surface area contributed by atoms with Gasteiger partial charge in [-0.2, -0.15) is 0 Å². The highest BCUT2D eigenvalue weighted by Gasteiger charge is 2.57. The van der Waals surface area contributed by atoms with Crippen LogP contribution in [-0.2, 0) is 55.7 Å². The monoisotopic (exact) mass is 1330 g/mol. The van der Waals surface area contributed by atoms with Crippen LogP contribution in [0, 0.1) is 17.8 Å². The summed E-state index contributed by atoms with van der Waals surface area (Å²) in [4.78, 5) is 26.3. The number of ketones is 1. The van der Waals surface area contributed by atoms with Crippen LogP contribution in [0.3, 0.4) is 0 Å². The van der Waals surface area contributed by atoms with E-state index in [1.807, 2.05) is 0 Å². The van der Waals surface area contributed by atoms with Crippen molar-refractivity contribution in [1.29, 1.82) is 0 Å². The zero-order chi connectivity index (χ0) is 61.9. The van der Waals surface area contributed by atoms with Crippen molar-refractivity contribution in [3.63, 3.8) is 0 Å². The van der Waals surface area contributed by atoms with Gasteiger partial charge in [-0.1, -0.05) is 139 Å². The molecule has 3 unspecified atom stereocenters. The Bertz CT molecular complexity index is 2140. The quantitative estimate of drug-likeness (QED) is 0.0354. The van der Waals surface area contributed by atoms with E-state index in [0.717, 1.165) is 56.0 Å². The van der Waals surface area contributed by atoms with E-state index in [9.17, 15) is 4.79 Å². The maximum Gasteiger partial charge on any atom is 0.192 e. The van der Waals surface area contributed by atoms with Crippen molar-refractivity contribution in [2.24, 2.45) is 17.8 Å². The Morgan fingerprint density at radius 2 is 1.28 bits per heavy atom. The highest BCUT2D eigenvalue weighted by atomic mass is 127. The Morgan fingerprint density at radius 3 is 1.84 bits per heavy atom. The highest BCUT2D eigenvalue weighted by Crippen LogP contribution is 2.49. The van der Waals surface area contributed by atoms with Crippen molar-refractivity contribution in [2.45, 2.75) is 332 Å². The minimum absolute atomic E-state index is 0.00473. The molecule has 0 aliphatic carbocycles. The molecule has 5 fully saturated rings. The van der Waals surface area contributed by atoms with E-state index >= 15 is 4.79 Å². The topological polar surface area (TPSA) is 126 Å². The summed E-state index contributed by atoms with van der Waals surface area (Å²) in [7, 11) is -7.42. The predicted octanol–water partition coefficient (Wildman–Crippen LogP) is 16.4. The predicted molar refractivity (Wildman–Crippen MR) is 353 cm³/mol. The van der Waals surface area contributed by atoms with Crippen LogP contribution in [0.5, 0.6) is 0 Å². The third kappa shape index (κ3) is 18.4. The van der Waals surface area contributed by atoms with Gasteiger partial charge in [-0.05, 0) is 139 Å². The van der Waals surface area contributed by atoms with Crippen molar-refractivity contribution in [3.05, 3.63) is 34.5 Å². The van der Waals surface area contributed by atoms with Crippen molar-refractivity contribution < 1.29 is 55.7 Å². The molecule has 5 aliphatic heterocycles. The van der Waals surface area contributed by atoms with E-state index in [1.54, 1.807) is 7.11 Å². The molecular formula is C65H119IO12Si4. The summed E-state index contributed by atoms with van der Waals surface area (Å²) in [6.07, 6.45) is 7.32. The van der Waals surface area contributed by atoms with Crippen LogP contribution in [0.2, 0.25) is 72.5 Å². The lowest BCUT2D eigenvalue weighted by Crippen LogP contribution is -2.67. The largest absolute Gasteiger partial charge is 0.414 e. The molecule has 0 bridgehead atoms. The number of ether oxygens (including phenoxy) is 6. The van der Waals surface area contributed by atoms with Crippen molar-refractivity contribution >= 4 is 67.9 Å². The fourth-order valence-corrected chi connectivity index (χ4v) is 17.4. The Hall–Kier alpha value is -0.242. The molecule has 0 spiro atoms. The first-order valence-electron chi connectivity index (χ1n) is 31.6. The van der Waals surface area contributed by atoms with Crippen LogP contribution in [0.1, 0.15) is 174 Å². The molecule has 12 nitrogen and oxygen atoms in total. The minimum Gasteiger partial charge on any atom is -0.414 e. The number of aldehydes is 1. The number of methoxy groups -OCH3 is 1. The van der Waals surface area contributed by atoms with Gasteiger partial charge in [0.1, 0.15) is 24.3 Å². The molecular weight excluding hydrogens is 1210 g/mol. The summed E-state index contributed by atoms with van der Waals surface area (Å²) in [5.41, 5.74) is 2.16. The molecule has 0 radical (unpaired) electrons. The van der Waals surface area contributed by atoms with Gasteiger partial charge >= 0.3 is 0 Å². The molecule has 0 aromatic heterocycles. The molecule has 0 aromatic carbocycles. The Balaban J connectivity index is 1.46. The van der Waals surface area contributed by atoms with Crippen molar-refractivity contribution in [2.75, 3.05) is 13.7 Å². The zero-order valence-electron chi connectivity index (χ0n) is 55.9. The molecule has 82 heavy (non-hydrogen) atoms. The average Bonchev–Trinajstić information content (AvgIpc) is 3.67. The second kappa shape index (κ2) is 28.7. The fourth-order valence-electron chi connectivity index (χ4n) is 11.8. The van der Waals surface area contributed by atoms with Crippen LogP contribution in [0.25, 0.3) is 0 Å². The lowest BCUT2D eigenvalue weighted by molar-refractivity contribution is -0.262. The third-order valence-electron chi connectivity index (χ3n) is 21.3. The molecule has 17 heteroatoms. The van der Waals surface area contributed by atoms with Gasteiger partial charge in [0.25, 0.3) is 0 Å². The molecule has 17 atom stereocenters. The fraction of sp³-hybridized carbons (Fsp3) is 0.877. The van der Waals surface area contributed by atoms with Crippen molar-refractivity contribution in [1.82, 2.24) is 0 Å². The van der Waals surface area contributed by atoms with E-state index in [2.05, 4.69) is 195 Å². The van der Waals surface area contributed by atoms with Gasteiger partial charge < -0.3 is 50.9 Å². The molecule has 5 rings (SSSR count). The lowest BCUT2D eigenvalue weighted by Gasteiger charge is -2.55. The maximum absolute atomic E-state index is 15.2. The van der Waals surface area contributed by atoms with Gasteiger partial charge in [-0.3, -0.25) is 4.79 Å². The average molecular weight is 1330 g/mol. The molecule has 5 aliphatic rings. The Kier molecular flexibility index (Phi) is 25.4. The van der Waals surface area contributed by atoms with Crippen molar-refractivity contribution in [3.8, 4) is 0 Å². The first kappa shape index (κ1) is 72.5. The van der Waals surface area contributed by atoms with Gasteiger partial charge in [-0.25, -0.2) is 0 Å². The third-order valence-corrected chi connectivity index (χ3v) is 39.7. The van der Waals surface area contributed by atoms with Crippen LogP contribution >= 0.6 is 22.6 Å². The number of rotatable bonds is 26. The normalized spacial score (nSPS) is 33.0. The maximum atomic E-state index is 15.2. The first-order valence-corrected chi connectivity index (χ1v) is 44.5. The van der Waals surface area contributed by atoms with E-state index in [1.165, 1.54) is 0 Å². The van der Waals surface area contributed by atoms with Crippen LogP contribution in [-0.4, -0.2) is 145 Å². The SMILES string of the molecule is C=C1C[C@H](CCC=O)O[C@H]1CC[C@H]1C[C@H](C)C(=C)[C@@H](C[C@@H]2O[C@H](CC(CO[Si](C)(C)C(C)(C)C)O[Si](C)(C)C(C)(C)C)[C@H](OC)[C@H]2CC(=O)C[C@H]2CC[C@@H]3O[C@H]([C@@H](C)/C=C/I)C(O[Si](C)(C)C(C)(C)C)C(O[Si](C)(C)C(C)(C)C)[C@@H]3O2)O1. The summed E-state index contributed by atoms with van der Waals surface area (Å²) >= 11 is 2.31. The summed E-state index contributed by atoms with van der Waals surface area (Å²) in [6.45, 7) is 59.9. The zero-order valence-corrected chi connectivity index (χ0v) is 62.1. The molecule has 474 valence electrons. The van der Waals surface area contributed by atoms with Gasteiger partial charge in [0.15, 0.2) is 33.3 Å². The molecule has 0 N–H and O–H groups in total. The second-order valence-electron chi connectivity index (χ2n) is 31.8. The minimum atomic E-state index is -2.39. The smallest absolute Gasteiger partial charge is 0.192 e. The number of fused-ring (bicyclic) bond motifs is 1.